The molecule has 14 heavy (non-hydrogen) atoms. The Morgan fingerprint density at radius 2 is 2.36 bits per heavy atom. The minimum absolute atomic E-state index is 0.0539. The topological polar surface area (TPSA) is 46.5 Å². The fourth-order valence-electron chi connectivity index (χ4n) is 1.20. The summed E-state index contributed by atoms with van der Waals surface area (Å²) >= 11 is 0. The molecule has 0 aromatic heterocycles. The number of methoxy groups -OCH3 is 1. The standard InChI is InChI=1S/C11H12O3/c1-3-4-8-5-6-9(12)7-10(8)11(13)14-2/h3,5-7,12H,1,4H2,2H3. The van der Waals surface area contributed by atoms with Gasteiger partial charge in [-0.1, -0.05) is 12.1 Å². The van der Waals surface area contributed by atoms with Gasteiger partial charge in [-0.15, -0.1) is 6.58 Å². The van der Waals surface area contributed by atoms with Crippen molar-refractivity contribution in [2.45, 2.75) is 6.42 Å². The summed E-state index contributed by atoms with van der Waals surface area (Å²) in [6.07, 6.45) is 2.27. The minimum atomic E-state index is -0.447. The number of esters is 1. The molecule has 1 aromatic rings. The number of phenolic OH excluding ortho intramolecular Hbond substituents is 1. The molecule has 74 valence electrons. The number of aromatic hydroxyl groups is 1. The summed E-state index contributed by atoms with van der Waals surface area (Å²) in [5, 5.41) is 9.22. The molecule has 0 amide bonds. The lowest BCUT2D eigenvalue weighted by Crippen LogP contribution is -2.05. The first kappa shape index (κ1) is 10.3. The van der Waals surface area contributed by atoms with E-state index >= 15 is 0 Å². The molecule has 0 aliphatic carbocycles. The van der Waals surface area contributed by atoms with Gasteiger partial charge in [-0.3, -0.25) is 0 Å². The maximum Gasteiger partial charge on any atom is 0.338 e. The van der Waals surface area contributed by atoms with Crippen molar-refractivity contribution >= 4 is 5.97 Å². The Morgan fingerprint density at radius 1 is 1.64 bits per heavy atom. The van der Waals surface area contributed by atoms with E-state index in [1.54, 1.807) is 12.1 Å². The van der Waals surface area contributed by atoms with Crippen LogP contribution in [0.5, 0.6) is 5.75 Å². The highest BCUT2D eigenvalue weighted by atomic mass is 16.5. The molecule has 0 spiro atoms. The van der Waals surface area contributed by atoms with Crippen molar-refractivity contribution in [2.24, 2.45) is 0 Å². The molecule has 0 bridgehead atoms. The lowest BCUT2D eigenvalue weighted by Gasteiger charge is -2.05. The maximum atomic E-state index is 11.3. The van der Waals surface area contributed by atoms with Gasteiger partial charge in [0.1, 0.15) is 5.75 Å². The largest absolute Gasteiger partial charge is 0.508 e. The summed E-state index contributed by atoms with van der Waals surface area (Å²) in [7, 11) is 1.31. The zero-order valence-corrected chi connectivity index (χ0v) is 7.99. The molecule has 0 saturated heterocycles. The molecule has 1 rings (SSSR count). The molecule has 0 unspecified atom stereocenters. The summed E-state index contributed by atoms with van der Waals surface area (Å²) in [5.41, 5.74) is 1.18. The second-order valence-electron chi connectivity index (χ2n) is 2.83. The van der Waals surface area contributed by atoms with E-state index in [-0.39, 0.29) is 5.75 Å². The van der Waals surface area contributed by atoms with Gasteiger partial charge in [0.25, 0.3) is 0 Å². The number of carbonyl (C=O) groups is 1. The van der Waals surface area contributed by atoms with Crippen molar-refractivity contribution in [1.29, 1.82) is 0 Å². The molecule has 3 nitrogen and oxygen atoms in total. The van der Waals surface area contributed by atoms with E-state index in [9.17, 15) is 9.90 Å². The first-order valence-electron chi connectivity index (χ1n) is 4.20. The van der Waals surface area contributed by atoms with Crippen molar-refractivity contribution in [1.82, 2.24) is 0 Å². The molecule has 0 fully saturated rings. The van der Waals surface area contributed by atoms with Crippen molar-refractivity contribution < 1.29 is 14.6 Å². The normalized spacial score (nSPS) is 9.50. The van der Waals surface area contributed by atoms with Crippen LogP contribution in [0.3, 0.4) is 0 Å². The van der Waals surface area contributed by atoms with Crippen LogP contribution in [-0.2, 0) is 11.2 Å². The summed E-state index contributed by atoms with van der Waals surface area (Å²) in [4.78, 5) is 11.3. The average molecular weight is 192 g/mol. The smallest absolute Gasteiger partial charge is 0.338 e. The summed E-state index contributed by atoms with van der Waals surface area (Å²) in [6, 6.07) is 4.61. The van der Waals surface area contributed by atoms with Crippen LogP contribution in [0.25, 0.3) is 0 Å². The van der Waals surface area contributed by atoms with Crippen molar-refractivity contribution in [3.8, 4) is 5.75 Å². The number of hydrogen-bond acceptors (Lipinski definition) is 3. The number of hydrogen-bond donors (Lipinski definition) is 1. The SMILES string of the molecule is C=CCc1ccc(O)cc1C(=O)OC. The first-order valence-corrected chi connectivity index (χ1v) is 4.20. The van der Waals surface area contributed by atoms with Crippen LogP contribution in [-0.4, -0.2) is 18.2 Å². The number of allylic oxidation sites excluding steroid dienone is 1. The van der Waals surface area contributed by atoms with Crippen molar-refractivity contribution in [3.05, 3.63) is 42.0 Å². The minimum Gasteiger partial charge on any atom is -0.508 e. The molecule has 3 heteroatoms. The number of carbonyl (C=O) groups excluding carboxylic acids is 1. The van der Waals surface area contributed by atoms with Gasteiger partial charge < -0.3 is 9.84 Å². The molecule has 1 N–H and O–H groups in total. The number of rotatable bonds is 3. The van der Waals surface area contributed by atoms with Gasteiger partial charge >= 0.3 is 5.97 Å². The molecule has 0 atom stereocenters. The van der Waals surface area contributed by atoms with Crippen molar-refractivity contribution in [3.63, 3.8) is 0 Å². The highest BCUT2D eigenvalue weighted by Gasteiger charge is 2.11. The van der Waals surface area contributed by atoms with Crippen LogP contribution in [0.15, 0.2) is 30.9 Å². The zero-order valence-electron chi connectivity index (χ0n) is 7.99. The third-order valence-electron chi connectivity index (χ3n) is 1.86. The lowest BCUT2D eigenvalue weighted by molar-refractivity contribution is 0.0599. The zero-order chi connectivity index (χ0) is 10.6. The summed E-state index contributed by atoms with van der Waals surface area (Å²) in [6.45, 7) is 3.59. The maximum absolute atomic E-state index is 11.3. The van der Waals surface area contributed by atoms with Gasteiger partial charge in [-0.2, -0.15) is 0 Å². The van der Waals surface area contributed by atoms with E-state index in [4.69, 9.17) is 0 Å². The Kier molecular flexibility index (Phi) is 3.29. The molecule has 0 radical (unpaired) electrons. The van der Waals surface area contributed by atoms with Gasteiger partial charge in [0.2, 0.25) is 0 Å². The molecule has 0 saturated carbocycles. The number of phenols is 1. The Morgan fingerprint density at radius 3 is 2.93 bits per heavy atom. The summed E-state index contributed by atoms with van der Waals surface area (Å²) < 4.78 is 4.59. The third-order valence-corrected chi connectivity index (χ3v) is 1.86. The van der Waals surface area contributed by atoms with E-state index in [0.29, 0.717) is 12.0 Å². The Labute approximate surface area is 82.6 Å². The molecule has 1 aromatic carbocycles. The van der Waals surface area contributed by atoms with Crippen LogP contribution >= 0.6 is 0 Å². The fourth-order valence-corrected chi connectivity index (χ4v) is 1.20. The van der Waals surface area contributed by atoms with E-state index in [2.05, 4.69) is 11.3 Å². The Balaban J connectivity index is 3.14. The fraction of sp³-hybridized carbons (Fsp3) is 0.182. The molecular formula is C11H12O3. The molecular weight excluding hydrogens is 180 g/mol. The van der Waals surface area contributed by atoms with Gasteiger partial charge in [-0.05, 0) is 24.1 Å². The predicted molar refractivity (Wildman–Crippen MR) is 53.3 cm³/mol. The average Bonchev–Trinajstić information content (AvgIpc) is 2.20. The first-order chi connectivity index (χ1) is 6.69. The van der Waals surface area contributed by atoms with Gasteiger partial charge in [0.15, 0.2) is 0 Å². The second kappa shape index (κ2) is 4.46. The van der Waals surface area contributed by atoms with Crippen LogP contribution < -0.4 is 0 Å². The van der Waals surface area contributed by atoms with Crippen LogP contribution in [0.2, 0.25) is 0 Å². The summed E-state index contributed by atoms with van der Waals surface area (Å²) in [5.74, 6) is -0.393. The van der Waals surface area contributed by atoms with Crippen molar-refractivity contribution in [2.75, 3.05) is 7.11 Å². The van der Waals surface area contributed by atoms with E-state index in [0.717, 1.165) is 5.56 Å². The third kappa shape index (κ3) is 2.13. The Hall–Kier alpha value is -1.77. The molecule has 0 aliphatic heterocycles. The van der Waals surface area contributed by atoms with E-state index in [1.165, 1.54) is 19.2 Å². The quantitative estimate of drug-likeness (QED) is 0.587. The second-order valence-corrected chi connectivity index (χ2v) is 2.83. The van der Waals surface area contributed by atoms with Gasteiger partial charge in [0.05, 0.1) is 12.7 Å². The van der Waals surface area contributed by atoms with Crippen LogP contribution in [0.4, 0.5) is 0 Å². The van der Waals surface area contributed by atoms with Crippen LogP contribution in [0, 0.1) is 0 Å². The lowest BCUT2D eigenvalue weighted by atomic mass is 10.0. The van der Waals surface area contributed by atoms with E-state index in [1.807, 2.05) is 0 Å². The highest BCUT2D eigenvalue weighted by molar-refractivity contribution is 5.91. The number of ether oxygens (including phenoxy) is 1. The van der Waals surface area contributed by atoms with E-state index < -0.39 is 5.97 Å². The van der Waals surface area contributed by atoms with Gasteiger partial charge in [0, 0.05) is 0 Å². The molecule has 0 heterocycles. The number of benzene rings is 1. The van der Waals surface area contributed by atoms with Crippen LogP contribution in [0.1, 0.15) is 15.9 Å². The highest BCUT2D eigenvalue weighted by Crippen LogP contribution is 2.18. The predicted octanol–water partition coefficient (Wildman–Crippen LogP) is 1.91. The monoisotopic (exact) mass is 192 g/mol. The molecule has 0 aliphatic rings. The van der Waals surface area contributed by atoms with Gasteiger partial charge in [-0.25, -0.2) is 4.79 Å². The Bertz CT molecular complexity index is 356.